The second kappa shape index (κ2) is 6.17. The minimum atomic E-state index is 0.355. The van der Waals surface area contributed by atoms with E-state index >= 15 is 0 Å². The molecule has 20 heavy (non-hydrogen) atoms. The summed E-state index contributed by atoms with van der Waals surface area (Å²) in [4.78, 5) is 0.355. The quantitative estimate of drug-likeness (QED) is 0.590. The van der Waals surface area contributed by atoms with Crippen LogP contribution in [0.1, 0.15) is 30.2 Å². The van der Waals surface area contributed by atoms with E-state index in [0.29, 0.717) is 16.8 Å². The van der Waals surface area contributed by atoms with Gasteiger partial charge in [0, 0.05) is 21.8 Å². The fourth-order valence-electron chi connectivity index (χ4n) is 3.18. The van der Waals surface area contributed by atoms with Gasteiger partial charge in [-0.2, -0.15) is 0 Å². The van der Waals surface area contributed by atoms with Crippen molar-refractivity contribution in [1.29, 1.82) is 0 Å². The van der Waals surface area contributed by atoms with Crippen molar-refractivity contribution in [2.45, 2.75) is 30.7 Å². The van der Waals surface area contributed by atoms with Crippen LogP contribution in [0, 0.1) is 5.92 Å². The Hall–Kier alpha value is -0.380. The molecule has 0 saturated carbocycles. The molecular weight excluding hydrogens is 380 g/mol. The van der Waals surface area contributed by atoms with Crippen LogP contribution < -0.4 is 0 Å². The molecule has 1 aliphatic heterocycles. The maximum atomic E-state index is 5.85. The first kappa shape index (κ1) is 14.6. The van der Waals surface area contributed by atoms with Gasteiger partial charge in [0.1, 0.15) is 0 Å². The lowest BCUT2D eigenvalue weighted by molar-refractivity contribution is 0.0873. The van der Waals surface area contributed by atoms with E-state index in [1.165, 1.54) is 16.3 Å². The van der Waals surface area contributed by atoms with E-state index in [2.05, 4.69) is 75.2 Å². The molecule has 0 aliphatic carbocycles. The van der Waals surface area contributed by atoms with Crippen LogP contribution in [0.3, 0.4) is 0 Å². The van der Waals surface area contributed by atoms with E-state index in [-0.39, 0.29) is 0 Å². The summed E-state index contributed by atoms with van der Waals surface area (Å²) >= 11 is 7.59. The Morgan fingerprint density at radius 3 is 2.70 bits per heavy atom. The summed E-state index contributed by atoms with van der Waals surface area (Å²) in [6.45, 7) is 3.10. The molecule has 1 aliphatic rings. The van der Waals surface area contributed by atoms with Crippen molar-refractivity contribution >= 4 is 42.6 Å². The molecule has 1 fully saturated rings. The Bertz CT molecular complexity index is 611. The van der Waals surface area contributed by atoms with Crippen molar-refractivity contribution < 1.29 is 4.74 Å². The van der Waals surface area contributed by atoms with Gasteiger partial charge in [0.25, 0.3) is 0 Å². The predicted octanol–water partition coefficient (Wildman–Crippen LogP) is 5.85. The third kappa shape index (κ3) is 2.56. The molecule has 0 N–H and O–H groups in total. The minimum absolute atomic E-state index is 0.355. The molecule has 2 aromatic carbocycles. The first-order chi connectivity index (χ1) is 9.72. The van der Waals surface area contributed by atoms with Gasteiger partial charge in [0.2, 0.25) is 0 Å². The maximum Gasteiger partial charge on any atom is 0.0615 e. The average molecular weight is 398 g/mol. The number of benzene rings is 2. The Balaban J connectivity index is 2.04. The van der Waals surface area contributed by atoms with Crippen LogP contribution >= 0.6 is 31.9 Å². The van der Waals surface area contributed by atoms with Crippen LogP contribution in [0.4, 0.5) is 0 Å². The topological polar surface area (TPSA) is 9.23 Å². The zero-order valence-corrected chi connectivity index (χ0v) is 14.7. The predicted molar refractivity (Wildman–Crippen MR) is 91.5 cm³/mol. The fourth-order valence-corrected chi connectivity index (χ4v) is 4.66. The lowest BCUT2D eigenvalue weighted by Crippen LogP contribution is -2.19. The smallest absolute Gasteiger partial charge is 0.0615 e. The van der Waals surface area contributed by atoms with Crippen LogP contribution in [0.5, 0.6) is 0 Å². The van der Waals surface area contributed by atoms with Gasteiger partial charge in [-0.15, -0.1) is 0 Å². The maximum absolute atomic E-state index is 5.85. The first-order valence-electron chi connectivity index (χ1n) is 7.15. The zero-order chi connectivity index (χ0) is 14.1. The van der Waals surface area contributed by atoms with Crippen molar-refractivity contribution in [2.75, 3.05) is 6.61 Å². The number of ether oxygens (including phenoxy) is 1. The Morgan fingerprint density at radius 2 is 1.95 bits per heavy atom. The summed E-state index contributed by atoms with van der Waals surface area (Å²) in [5.74, 6) is 0.560. The third-order valence-electron chi connectivity index (χ3n) is 4.24. The highest BCUT2D eigenvalue weighted by atomic mass is 79.9. The van der Waals surface area contributed by atoms with Gasteiger partial charge < -0.3 is 4.74 Å². The molecule has 3 heteroatoms. The Labute approximate surface area is 137 Å². The number of rotatable bonds is 3. The van der Waals surface area contributed by atoms with Gasteiger partial charge in [-0.1, -0.05) is 69.1 Å². The summed E-state index contributed by atoms with van der Waals surface area (Å²) in [6.07, 6.45) is 2.60. The SMILES string of the molecule is CCC1OCCC1C(Br)c1ccc(Br)c2ccccc12. The number of hydrogen-bond donors (Lipinski definition) is 0. The summed E-state index contributed by atoms with van der Waals surface area (Å²) in [6, 6.07) is 13.0. The lowest BCUT2D eigenvalue weighted by atomic mass is 9.89. The van der Waals surface area contributed by atoms with Crippen LogP contribution in [-0.2, 0) is 4.74 Å². The van der Waals surface area contributed by atoms with Gasteiger partial charge in [-0.05, 0) is 35.2 Å². The molecule has 0 bridgehead atoms. The highest BCUT2D eigenvalue weighted by Gasteiger charge is 2.33. The summed E-state index contributed by atoms with van der Waals surface area (Å²) in [5, 5.41) is 2.60. The highest BCUT2D eigenvalue weighted by Crippen LogP contribution is 2.43. The molecule has 0 amide bonds. The van der Waals surface area contributed by atoms with Crippen molar-refractivity contribution in [1.82, 2.24) is 0 Å². The molecule has 3 unspecified atom stereocenters. The second-order valence-corrected chi connectivity index (χ2v) is 7.19. The molecule has 106 valence electrons. The molecule has 3 atom stereocenters. The van der Waals surface area contributed by atoms with Crippen LogP contribution in [0.2, 0.25) is 0 Å². The molecule has 1 nitrogen and oxygen atoms in total. The van der Waals surface area contributed by atoms with E-state index < -0.39 is 0 Å². The fraction of sp³-hybridized carbons (Fsp3) is 0.412. The number of hydrogen-bond acceptors (Lipinski definition) is 1. The highest BCUT2D eigenvalue weighted by molar-refractivity contribution is 9.10. The third-order valence-corrected chi connectivity index (χ3v) is 6.10. The van der Waals surface area contributed by atoms with Gasteiger partial charge in [0.05, 0.1) is 6.10 Å². The van der Waals surface area contributed by atoms with Gasteiger partial charge in [-0.3, -0.25) is 0 Å². The Morgan fingerprint density at radius 1 is 1.20 bits per heavy atom. The van der Waals surface area contributed by atoms with Crippen LogP contribution in [0.15, 0.2) is 40.9 Å². The summed E-state index contributed by atoms with van der Waals surface area (Å²) < 4.78 is 7.01. The van der Waals surface area contributed by atoms with Crippen LogP contribution in [-0.4, -0.2) is 12.7 Å². The standard InChI is InChI=1S/C17H18Br2O/c1-2-16-14(9-10-20-16)17(19)13-7-8-15(18)12-6-4-3-5-11(12)13/h3-8,14,16-17H,2,9-10H2,1H3. The molecule has 0 spiro atoms. The van der Waals surface area contributed by atoms with Gasteiger partial charge >= 0.3 is 0 Å². The molecule has 0 radical (unpaired) electrons. The van der Waals surface area contributed by atoms with Gasteiger partial charge in [-0.25, -0.2) is 0 Å². The van der Waals surface area contributed by atoms with E-state index in [9.17, 15) is 0 Å². The molecular formula is C17H18Br2O. The zero-order valence-electron chi connectivity index (χ0n) is 11.5. The largest absolute Gasteiger partial charge is 0.378 e. The van der Waals surface area contributed by atoms with Crippen LogP contribution in [0.25, 0.3) is 10.8 Å². The first-order valence-corrected chi connectivity index (χ1v) is 8.86. The normalized spacial score (nSPS) is 24.1. The molecule has 2 aromatic rings. The number of fused-ring (bicyclic) bond motifs is 1. The van der Waals surface area contributed by atoms with E-state index in [1.807, 2.05) is 0 Å². The number of halogens is 2. The minimum Gasteiger partial charge on any atom is -0.378 e. The average Bonchev–Trinajstić information content (AvgIpc) is 2.96. The van der Waals surface area contributed by atoms with Gasteiger partial charge in [0.15, 0.2) is 0 Å². The lowest BCUT2D eigenvalue weighted by Gasteiger charge is -2.24. The number of alkyl halides is 1. The van der Waals surface area contributed by atoms with E-state index in [1.54, 1.807) is 0 Å². The summed E-state index contributed by atoms with van der Waals surface area (Å²) in [7, 11) is 0. The van der Waals surface area contributed by atoms with Crippen molar-refractivity contribution in [2.24, 2.45) is 5.92 Å². The second-order valence-electron chi connectivity index (χ2n) is 5.35. The molecule has 1 saturated heterocycles. The molecule has 1 heterocycles. The monoisotopic (exact) mass is 396 g/mol. The summed E-state index contributed by atoms with van der Waals surface area (Å²) in [5.41, 5.74) is 1.37. The van der Waals surface area contributed by atoms with E-state index in [0.717, 1.165) is 23.9 Å². The van der Waals surface area contributed by atoms with Crippen molar-refractivity contribution in [3.8, 4) is 0 Å². The Kier molecular flexibility index (Phi) is 4.49. The van der Waals surface area contributed by atoms with Crippen molar-refractivity contribution in [3.63, 3.8) is 0 Å². The molecule has 0 aromatic heterocycles. The van der Waals surface area contributed by atoms with Crippen molar-refractivity contribution in [3.05, 3.63) is 46.4 Å². The van der Waals surface area contributed by atoms with E-state index in [4.69, 9.17) is 4.74 Å². The molecule has 3 rings (SSSR count).